The summed E-state index contributed by atoms with van der Waals surface area (Å²) in [6, 6.07) is 8.02. The lowest BCUT2D eigenvalue weighted by Gasteiger charge is -2.10. The average Bonchev–Trinajstić information content (AvgIpc) is 2.15. The van der Waals surface area contributed by atoms with Gasteiger partial charge in [0.15, 0.2) is 0 Å². The van der Waals surface area contributed by atoms with Crippen LogP contribution in [0.15, 0.2) is 24.3 Å². The first-order valence-corrected chi connectivity index (χ1v) is 4.63. The molecule has 0 aliphatic carbocycles. The van der Waals surface area contributed by atoms with Gasteiger partial charge in [0.25, 0.3) is 0 Å². The van der Waals surface area contributed by atoms with E-state index in [1.165, 1.54) is 5.56 Å². The largest absolute Gasteiger partial charge is 0.388 e. The standard InChI is InChI=1S/C11H17NO/c1-9-3-5-10(6-4-9)11(13)7-8-12-2/h3-6,11-13H,7-8H2,1-2H3/t11-/m1/s1. The van der Waals surface area contributed by atoms with Crippen molar-refractivity contribution in [1.82, 2.24) is 5.32 Å². The van der Waals surface area contributed by atoms with Crippen molar-refractivity contribution in [2.75, 3.05) is 13.6 Å². The van der Waals surface area contributed by atoms with E-state index in [-0.39, 0.29) is 6.10 Å². The molecule has 0 heterocycles. The number of hydrogen-bond donors (Lipinski definition) is 2. The third-order valence-corrected chi connectivity index (χ3v) is 2.13. The summed E-state index contributed by atoms with van der Waals surface area (Å²) in [5, 5.41) is 12.7. The molecular formula is C11H17NO. The highest BCUT2D eigenvalue weighted by Crippen LogP contribution is 2.16. The normalized spacial score (nSPS) is 12.8. The van der Waals surface area contributed by atoms with Gasteiger partial charge >= 0.3 is 0 Å². The second kappa shape index (κ2) is 5.00. The van der Waals surface area contributed by atoms with Crippen molar-refractivity contribution in [2.45, 2.75) is 19.4 Å². The van der Waals surface area contributed by atoms with Crippen LogP contribution in [0.1, 0.15) is 23.7 Å². The average molecular weight is 179 g/mol. The van der Waals surface area contributed by atoms with Gasteiger partial charge in [-0.1, -0.05) is 29.8 Å². The number of aliphatic hydroxyl groups is 1. The summed E-state index contributed by atoms with van der Waals surface area (Å²) in [6.45, 7) is 2.89. The Hall–Kier alpha value is -0.860. The first-order valence-electron chi connectivity index (χ1n) is 4.63. The van der Waals surface area contributed by atoms with Gasteiger partial charge in [-0.15, -0.1) is 0 Å². The van der Waals surface area contributed by atoms with Crippen molar-refractivity contribution >= 4 is 0 Å². The van der Waals surface area contributed by atoms with E-state index >= 15 is 0 Å². The second-order valence-electron chi connectivity index (χ2n) is 3.32. The van der Waals surface area contributed by atoms with Crippen molar-refractivity contribution in [2.24, 2.45) is 0 Å². The number of rotatable bonds is 4. The van der Waals surface area contributed by atoms with Crippen LogP contribution in [0.2, 0.25) is 0 Å². The van der Waals surface area contributed by atoms with E-state index in [9.17, 15) is 5.11 Å². The maximum Gasteiger partial charge on any atom is 0.0802 e. The van der Waals surface area contributed by atoms with Crippen molar-refractivity contribution in [3.63, 3.8) is 0 Å². The summed E-state index contributed by atoms with van der Waals surface area (Å²) in [6.07, 6.45) is 0.424. The van der Waals surface area contributed by atoms with Gasteiger partial charge in [-0.3, -0.25) is 0 Å². The highest BCUT2D eigenvalue weighted by Gasteiger charge is 2.05. The van der Waals surface area contributed by atoms with Crippen LogP contribution in [0, 0.1) is 6.92 Å². The minimum Gasteiger partial charge on any atom is -0.388 e. The van der Waals surface area contributed by atoms with Crippen LogP contribution in [-0.4, -0.2) is 18.7 Å². The number of benzene rings is 1. The number of aliphatic hydroxyl groups excluding tert-OH is 1. The monoisotopic (exact) mass is 179 g/mol. The highest BCUT2D eigenvalue weighted by atomic mass is 16.3. The number of aryl methyl sites for hydroxylation is 1. The summed E-state index contributed by atoms with van der Waals surface area (Å²) in [7, 11) is 1.89. The molecule has 1 rings (SSSR count). The van der Waals surface area contributed by atoms with Gasteiger partial charge in [-0.25, -0.2) is 0 Å². The third-order valence-electron chi connectivity index (χ3n) is 2.13. The van der Waals surface area contributed by atoms with E-state index in [0.717, 1.165) is 18.5 Å². The topological polar surface area (TPSA) is 32.3 Å². The minimum atomic E-state index is -0.340. The molecule has 0 saturated heterocycles. The van der Waals surface area contributed by atoms with Crippen LogP contribution in [0.3, 0.4) is 0 Å². The Balaban J connectivity index is 2.55. The molecule has 1 aromatic rings. The van der Waals surface area contributed by atoms with Crippen LogP contribution >= 0.6 is 0 Å². The lowest BCUT2D eigenvalue weighted by molar-refractivity contribution is 0.167. The first-order chi connectivity index (χ1) is 6.24. The van der Waals surface area contributed by atoms with E-state index in [2.05, 4.69) is 5.32 Å². The molecule has 0 fully saturated rings. The Morgan fingerprint density at radius 1 is 1.31 bits per heavy atom. The maximum atomic E-state index is 9.70. The van der Waals surface area contributed by atoms with Crippen LogP contribution in [0.4, 0.5) is 0 Å². The van der Waals surface area contributed by atoms with E-state index in [1.807, 2.05) is 38.2 Å². The Labute approximate surface area is 79.6 Å². The van der Waals surface area contributed by atoms with Crippen LogP contribution in [0.25, 0.3) is 0 Å². The molecule has 1 atom stereocenters. The smallest absolute Gasteiger partial charge is 0.0802 e. The van der Waals surface area contributed by atoms with Crippen molar-refractivity contribution in [3.05, 3.63) is 35.4 Å². The quantitative estimate of drug-likeness (QED) is 0.736. The van der Waals surface area contributed by atoms with Gasteiger partial charge < -0.3 is 10.4 Å². The van der Waals surface area contributed by atoms with Crippen LogP contribution in [0.5, 0.6) is 0 Å². The van der Waals surface area contributed by atoms with E-state index in [1.54, 1.807) is 0 Å². The van der Waals surface area contributed by atoms with Gasteiger partial charge in [-0.2, -0.15) is 0 Å². The fraction of sp³-hybridized carbons (Fsp3) is 0.455. The second-order valence-corrected chi connectivity index (χ2v) is 3.32. The molecule has 1 aromatic carbocycles. The van der Waals surface area contributed by atoms with E-state index < -0.39 is 0 Å². The predicted octanol–water partition coefficient (Wildman–Crippen LogP) is 1.64. The van der Waals surface area contributed by atoms with Crippen LogP contribution in [-0.2, 0) is 0 Å². The molecule has 0 radical (unpaired) electrons. The van der Waals surface area contributed by atoms with Crippen molar-refractivity contribution in [1.29, 1.82) is 0 Å². The Bertz CT molecular complexity index is 243. The van der Waals surface area contributed by atoms with Gasteiger partial charge in [0.05, 0.1) is 6.10 Å². The molecule has 2 nitrogen and oxygen atoms in total. The molecule has 0 unspecified atom stereocenters. The molecule has 0 bridgehead atoms. The maximum absolute atomic E-state index is 9.70. The summed E-state index contributed by atoms with van der Waals surface area (Å²) in [5.74, 6) is 0. The molecule has 0 aromatic heterocycles. The minimum absolute atomic E-state index is 0.340. The van der Waals surface area contributed by atoms with E-state index in [4.69, 9.17) is 0 Å². The third kappa shape index (κ3) is 3.17. The molecule has 0 aliphatic heterocycles. The Kier molecular flexibility index (Phi) is 3.93. The predicted molar refractivity (Wildman–Crippen MR) is 54.7 cm³/mol. The Morgan fingerprint density at radius 2 is 1.92 bits per heavy atom. The summed E-state index contributed by atoms with van der Waals surface area (Å²) in [5.41, 5.74) is 2.23. The SMILES string of the molecule is CNCC[C@@H](O)c1ccc(C)cc1. The van der Waals surface area contributed by atoms with Crippen LogP contribution < -0.4 is 5.32 Å². The molecule has 2 heteroatoms. The molecule has 0 saturated carbocycles. The summed E-state index contributed by atoms with van der Waals surface area (Å²) in [4.78, 5) is 0. The molecule has 72 valence electrons. The lowest BCUT2D eigenvalue weighted by atomic mass is 10.1. The summed E-state index contributed by atoms with van der Waals surface area (Å²) < 4.78 is 0. The first kappa shape index (κ1) is 10.2. The number of hydrogen-bond acceptors (Lipinski definition) is 2. The molecule has 0 aliphatic rings. The fourth-order valence-electron chi connectivity index (χ4n) is 1.24. The highest BCUT2D eigenvalue weighted by molar-refractivity contribution is 5.22. The van der Waals surface area contributed by atoms with Crippen molar-refractivity contribution < 1.29 is 5.11 Å². The zero-order valence-corrected chi connectivity index (χ0v) is 8.25. The van der Waals surface area contributed by atoms with Gasteiger partial charge in [0, 0.05) is 0 Å². The molecule has 13 heavy (non-hydrogen) atoms. The molecule has 0 amide bonds. The Morgan fingerprint density at radius 3 is 2.46 bits per heavy atom. The van der Waals surface area contributed by atoms with Crippen molar-refractivity contribution in [3.8, 4) is 0 Å². The fourth-order valence-corrected chi connectivity index (χ4v) is 1.24. The molecule has 0 spiro atoms. The lowest BCUT2D eigenvalue weighted by Crippen LogP contribution is -2.11. The molecular weight excluding hydrogens is 162 g/mol. The zero-order chi connectivity index (χ0) is 9.68. The zero-order valence-electron chi connectivity index (χ0n) is 8.25. The van der Waals surface area contributed by atoms with Gasteiger partial charge in [0.1, 0.15) is 0 Å². The van der Waals surface area contributed by atoms with Gasteiger partial charge in [0.2, 0.25) is 0 Å². The van der Waals surface area contributed by atoms with E-state index in [0.29, 0.717) is 0 Å². The number of nitrogens with one attached hydrogen (secondary N) is 1. The summed E-state index contributed by atoms with van der Waals surface area (Å²) >= 11 is 0. The molecule has 2 N–H and O–H groups in total. The van der Waals surface area contributed by atoms with Gasteiger partial charge in [-0.05, 0) is 32.5 Å².